The van der Waals surface area contributed by atoms with Crippen molar-refractivity contribution in [1.82, 2.24) is 0 Å². The van der Waals surface area contributed by atoms with Crippen LogP contribution >= 0.6 is 0 Å². The van der Waals surface area contributed by atoms with E-state index in [1.165, 1.54) is 70.5 Å². The zero-order valence-electron chi connectivity index (χ0n) is 25.8. The molecule has 0 bridgehead atoms. The van der Waals surface area contributed by atoms with Gasteiger partial charge in [-0.3, -0.25) is 0 Å². The number of hydrogen-bond acceptors (Lipinski definition) is 9. The van der Waals surface area contributed by atoms with E-state index in [0.717, 1.165) is 13.0 Å². The van der Waals surface area contributed by atoms with E-state index in [1.54, 1.807) is 0 Å². The Labute approximate surface area is 245 Å². The Morgan fingerprint density at radius 2 is 0.575 bits per heavy atom. The summed E-state index contributed by atoms with van der Waals surface area (Å²) in [6, 6.07) is 0. The molecule has 9 heteroatoms. The Bertz CT molecular complexity index is 455. The van der Waals surface area contributed by atoms with Gasteiger partial charge in [0.25, 0.3) is 0 Å². The molecule has 0 fully saturated rings. The van der Waals surface area contributed by atoms with E-state index in [2.05, 4.69) is 13.5 Å². The second-order valence-corrected chi connectivity index (χ2v) is 9.47. The molecule has 9 nitrogen and oxygen atoms in total. The van der Waals surface area contributed by atoms with E-state index in [-0.39, 0.29) is 0 Å². The minimum Gasteiger partial charge on any atom is -0.499 e. The molecule has 240 valence electrons. The lowest BCUT2D eigenvalue weighted by molar-refractivity contribution is -0.0239. The first-order valence-corrected chi connectivity index (χ1v) is 15.8. The van der Waals surface area contributed by atoms with Gasteiger partial charge in [-0.15, -0.1) is 0 Å². The molecule has 0 aliphatic heterocycles. The first-order valence-electron chi connectivity index (χ1n) is 15.8. The molecular weight excluding hydrogens is 516 g/mol. The number of rotatable bonds is 37. The number of hydrogen-bond donors (Lipinski definition) is 0. The van der Waals surface area contributed by atoms with E-state index < -0.39 is 0 Å². The molecule has 0 saturated heterocycles. The van der Waals surface area contributed by atoms with Gasteiger partial charge in [0, 0.05) is 6.61 Å². The van der Waals surface area contributed by atoms with Crippen LogP contribution in [0.2, 0.25) is 0 Å². The Morgan fingerprint density at radius 3 is 0.875 bits per heavy atom. The highest BCUT2D eigenvalue weighted by Crippen LogP contribution is 2.11. The van der Waals surface area contributed by atoms with Gasteiger partial charge in [0.2, 0.25) is 0 Å². The fourth-order valence-electron chi connectivity index (χ4n) is 3.70. The molecule has 0 unspecified atom stereocenters. The first-order chi connectivity index (χ1) is 19.9. The highest BCUT2D eigenvalue weighted by atomic mass is 16.6. The average molecular weight is 579 g/mol. The molecule has 0 N–H and O–H groups in total. The molecule has 0 aromatic heterocycles. The minimum atomic E-state index is 0.511. The van der Waals surface area contributed by atoms with Crippen LogP contribution in [0.25, 0.3) is 0 Å². The molecule has 0 aliphatic rings. The molecule has 0 saturated carbocycles. The van der Waals surface area contributed by atoms with Crippen molar-refractivity contribution >= 4 is 0 Å². The normalized spacial score (nSPS) is 11.3. The highest BCUT2D eigenvalue weighted by Gasteiger charge is 1.96. The fourth-order valence-corrected chi connectivity index (χ4v) is 3.70. The van der Waals surface area contributed by atoms with Gasteiger partial charge in [0.1, 0.15) is 6.61 Å². The van der Waals surface area contributed by atoms with Crippen LogP contribution in [0.1, 0.15) is 77.6 Å². The quantitative estimate of drug-likeness (QED) is 0.0692. The van der Waals surface area contributed by atoms with Gasteiger partial charge < -0.3 is 42.6 Å². The zero-order chi connectivity index (χ0) is 28.9. The lowest BCUT2D eigenvalue weighted by Gasteiger charge is -2.08. The maximum Gasteiger partial charge on any atom is 0.111 e. The predicted octanol–water partition coefficient (Wildman–Crippen LogP) is 5.59. The van der Waals surface area contributed by atoms with E-state index in [9.17, 15) is 0 Å². The first kappa shape index (κ1) is 39.2. The summed E-state index contributed by atoms with van der Waals surface area (Å²) >= 11 is 0. The van der Waals surface area contributed by atoms with Crippen LogP contribution in [0.4, 0.5) is 0 Å². The van der Waals surface area contributed by atoms with Gasteiger partial charge in [0.15, 0.2) is 0 Å². The molecule has 0 spiro atoms. The Kier molecular flexibility index (Phi) is 37.5. The third kappa shape index (κ3) is 37.2. The van der Waals surface area contributed by atoms with Crippen molar-refractivity contribution in [3.8, 4) is 0 Å². The molecule has 0 atom stereocenters. The van der Waals surface area contributed by atoms with E-state index in [0.29, 0.717) is 106 Å². The Balaban J connectivity index is 3.02. The largest absolute Gasteiger partial charge is 0.499 e. The third-order valence-electron chi connectivity index (χ3n) is 5.96. The molecule has 40 heavy (non-hydrogen) atoms. The van der Waals surface area contributed by atoms with Crippen molar-refractivity contribution in [1.29, 1.82) is 0 Å². The van der Waals surface area contributed by atoms with Gasteiger partial charge in [-0.05, 0) is 6.42 Å². The van der Waals surface area contributed by atoms with Crippen molar-refractivity contribution in [3.63, 3.8) is 0 Å². The van der Waals surface area contributed by atoms with Crippen LogP contribution in [0.3, 0.4) is 0 Å². The van der Waals surface area contributed by atoms with Gasteiger partial charge in [-0.1, -0.05) is 77.7 Å². The maximum absolute atomic E-state index is 5.65. The summed E-state index contributed by atoms with van der Waals surface area (Å²) in [5.41, 5.74) is 0. The smallest absolute Gasteiger partial charge is 0.111 e. The van der Waals surface area contributed by atoms with Crippen molar-refractivity contribution in [2.75, 3.05) is 112 Å². The van der Waals surface area contributed by atoms with Gasteiger partial charge in [0.05, 0.1) is 105 Å². The molecule has 0 aromatic rings. The summed E-state index contributed by atoms with van der Waals surface area (Å²) in [7, 11) is 0. The molecule has 0 aliphatic carbocycles. The summed E-state index contributed by atoms with van der Waals surface area (Å²) in [6.45, 7) is 15.4. The van der Waals surface area contributed by atoms with Crippen LogP contribution in [-0.2, 0) is 42.6 Å². The molecule has 0 amide bonds. The highest BCUT2D eigenvalue weighted by molar-refractivity contribution is 4.49. The molecule has 0 rings (SSSR count). The van der Waals surface area contributed by atoms with Crippen LogP contribution in [0.15, 0.2) is 12.8 Å². The van der Waals surface area contributed by atoms with Crippen molar-refractivity contribution < 1.29 is 42.6 Å². The van der Waals surface area contributed by atoms with Crippen LogP contribution < -0.4 is 0 Å². The summed E-state index contributed by atoms with van der Waals surface area (Å²) in [4.78, 5) is 0. The topological polar surface area (TPSA) is 83.1 Å². The SMILES string of the molecule is C=COCCOCCOCCOCCOCCOCCOCCOCCOCCCCCCCCCCCCC. The van der Waals surface area contributed by atoms with Crippen LogP contribution in [-0.4, -0.2) is 112 Å². The summed E-state index contributed by atoms with van der Waals surface area (Å²) < 4.78 is 48.8. The molecule has 0 radical (unpaired) electrons. The van der Waals surface area contributed by atoms with Crippen molar-refractivity contribution in [2.24, 2.45) is 0 Å². The summed E-state index contributed by atoms with van der Waals surface area (Å²) in [5.74, 6) is 0. The van der Waals surface area contributed by atoms with Gasteiger partial charge in [-0.2, -0.15) is 0 Å². The second kappa shape index (κ2) is 38.2. The number of unbranched alkanes of at least 4 members (excludes halogenated alkanes) is 10. The molecular formula is C31H62O9. The fraction of sp³-hybridized carbons (Fsp3) is 0.935. The lowest BCUT2D eigenvalue weighted by atomic mass is 10.1. The molecule has 0 heterocycles. The monoisotopic (exact) mass is 578 g/mol. The van der Waals surface area contributed by atoms with Crippen LogP contribution in [0.5, 0.6) is 0 Å². The second-order valence-electron chi connectivity index (χ2n) is 9.47. The van der Waals surface area contributed by atoms with Crippen LogP contribution in [0, 0.1) is 0 Å². The Hall–Kier alpha value is -0.780. The summed E-state index contributed by atoms with van der Waals surface area (Å²) in [5, 5.41) is 0. The van der Waals surface area contributed by atoms with Crippen molar-refractivity contribution in [2.45, 2.75) is 77.6 Å². The zero-order valence-corrected chi connectivity index (χ0v) is 25.8. The average Bonchev–Trinajstić information content (AvgIpc) is 2.97. The molecule has 0 aromatic carbocycles. The predicted molar refractivity (Wildman–Crippen MR) is 159 cm³/mol. The van der Waals surface area contributed by atoms with E-state index in [1.807, 2.05) is 0 Å². The van der Waals surface area contributed by atoms with Crippen molar-refractivity contribution in [3.05, 3.63) is 12.8 Å². The van der Waals surface area contributed by atoms with E-state index in [4.69, 9.17) is 42.6 Å². The Morgan fingerprint density at radius 1 is 0.325 bits per heavy atom. The van der Waals surface area contributed by atoms with Gasteiger partial charge in [-0.25, -0.2) is 0 Å². The lowest BCUT2D eigenvalue weighted by Crippen LogP contribution is -2.15. The maximum atomic E-state index is 5.65. The van der Waals surface area contributed by atoms with Gasteiger partial charge >= 0.3 is 0 Å². The standard InChI is InChI=1S/C31H62O9/c1-3-5-6-7-8-9-10-11-12-13-14-15-33-18-19-35-22-23-37-26-27-39-30-31-40-29-28-38-25-24-36-21-20-34-17-16-32-4-2/h4H,2-3,5-31H2,1H3. The van der Waals surface area contributed by atoms with E-state index >= 15 is 0 Å². The number of ether oxygens (including phenoxy) is 9. The third-order valence-corrected chi connectivity index (χ3v) is 5.96. The minimum absolute atomic E-state index is 0.511. The summed E-state index contributed by atoms with van der Waals surface area (Å²) in [6.07, 6.45) is 16.3.